The highest BCUT2D eigenvalue weighted by molar-refractivity contribution is 5.91. The maximum absolute atomic E-state index is 11.8. The van der Waals surface area contributed by atoms with Gasteiger partial charge in [-0.1, -0.05) is 13.8 Å². The third kappa shape index (κ3) is 4.91. The number of nitrogens with zero attached hydrogens (tertiary/aromatic N) is 2. The minimum Gasteiger partial charge on any atom is -0.480 e. The Morgan fingerprint density at radius 2 is 2.00 bits per heavy atom. The van der Waals surface area contributed by atoms with Crippen molar-refractivity contribution in [2.75, 3.05) is 5.32 Å². The lowest BCUT2D eigenvalue weighted by Crippen LogP contribution is -2.43. The molecule has 0 aliphatic carbocycles. The molecular weight excluding hydrogens is 260 g/mol. The normalized spacial score (nSPS) is 12.5. The fourth-order valence-electron chi connectivity index (χ4n) is 1.70. The van der Waals surface area contributed by atoms with Gasteiger partial charge in [-0.2, -0.15) is 5.10 Å². The van der Waals surface area contributed by atoms with E-state index in [0.717, 1.165) is 0 Å². The van der Waals surface area contributed by atoms with E-state index in [1.807, 2.05) is 27.7 Å². The molecule has 7 heteroatoms. The Morgan fingerprint density at radius 3 is 2.45 bits per heavy atom. The van der Waals surface area contributed by atoms with Crippen molar-refractivity contribution in [2.24, 2.45) is 5.92 Å². The van der Waals surface area contributed by atoms with Crippen LogP contribution < -0.4 is 10.6 Å². The van der Waals surface area contributed by atoms with Gasteiger partial charge in [-0.05, 0) is 26.2 Å². The van der Waals surface area contributed by atoms with Gasteiger partial charge in [-0.15, -0.1) is 0 Å². The molecule has 1 heterocycles. The summed E-state index contributed by atoms with van der Waals surface area (Å²) in [6.45, 7) is 7.75. The smallest absolute Gasteiger partial charge is 0.326 e. The van der Waals surface area contributed by atoms with Crippen molar-refractivity contribution < 1.29 is 14.7 Å². The molecular formula is C13H22N4O3. The Bertz CT molecular complexity index is 468. The van der Waals surface area contributed by atoms with Gasteiger partial charge in [0.1, 0.15) is 6.04 Å². The van der Waals surface area contributed by atoms with Gasteiger partial charge in [0.25, 0.3) is 0 Å². The number of aliphatic carboxylic acids is 1. The number of nitrogens with one attached hydrogen (secondary N) is 2. The number of carbonyl (C=O) groups is 2. The Morgan fingerprint density at radius 1 is 1.35 bits per heavy atom. The van der Waals surface area contributed by atoms with Gasteiger partial charge in [0.2, 0.25) is 0 Å². The highest BCUT2D eigenvalue weighted by Crippen LogP contribution is 2.10. The van der Waals surface area contributed by atoms with Crippen LogP contribution in [-0.4, -0.2) is 32.9 Å². The van der Waals surface area contributed by atoms with E-state index in [0.29, 0.717) is 12.1 Å². The highest BCUT2D eigenvalue weighted by atomic mass is 16.4. The molecule has 0 fully saturated rings. The zero-order valence-corrected chi connectivity index (χ0v) is 12.3. The summed E-state index contributed by atoms with van der Waals surface area (Å²) in [5.74, 6) is -0.855. The second-order valence-electron chi connectivity index (χ2n) is 5.42. The van der Waals surface area contributed by atoms with Crippen molar-refractivity contribution >= 4 is 17.7 Å². The lowest BCUT2D eigenvalue weighted by atomic mass is 10.0. The minimum absolute atomic E-state index is 0.181. The first-order valence-electron chi connectivity index (χ1n) is 6.64. The molecule has 2 amide bonds. The summed E-state index contributed by atoms with van der Waals surface area (Å²) in [6.07, 6.45) is 3.61. The van der Waals surface area contributed by atoms with Gasteiger partial charge in [-0.3, -0.25) is 4.68 Å². The molecule has 0 saturated carbocycles. The van der Waals surface area contributed by atoms with Crippen LogP contribution in [-0.2, 0) is 4.79 Å². The number of carbonyl (C=O) groups excluding carboxylic acids is 1. The van der Waals surface area contributed by atoms with E-state index in [9.17, 15) is 9.59 Å². The topological polar surface area (TPSA) is 96.3 Å². The van der Waals surface area contributed by atoms with Gasteiger partial charge < -0.3 is 15.7 Å². The average Bonchev–Trinajstić information content (AvgIpc) is 2.75. The summed E-state index contributed by atoms with van der Waals surface area (Å²) in [5, 5.41) is 18.2. The SMILES string of the molecule is CC(C)C[C@H](NC(=O)Nc1cnn(C(C)C)c1)C(=O)O. The van der Waals surface area contributed by atoms with E-state index in [4.69, 9.17) is 5.11 Å². The number of carboxylic acid groups (broad SMARTS) is 1. The number of anilines is 1. The van der Waals surface area contributed by atoms with E-state index >= 15 is 0 Å². The maximum Gasteiger partial charge on any atom is 0.326 e. The van der Waals surface area contributed by atoms with Crippen molar-refractivity contribution in [1.82, 2.24) is 15.1 Å². The molecule has 0 aromatic carbocycles. The van der Waals surface area contributed by atoms with Crippen LogP contribution in [0.2, 0.25) is 0 Å². The molecule has 0 spiro atoms. The molecule has 0 bridgehead atoms. The van der Waals surface area contributed by atoms with E-state index in [2.05, 4.69) is 15.7 Å². The number of aromatic nitrogens is 2. The summed E-state index contributed by atoms with van der Waals surface area (Å²) >= 11 is 0. The molecule has 1 aromatic heterocycles. The Hall–Kier alpha value is -2.05. The molecule has 3 N–H and O–H groups in total. The molecule has 7 nitrogen and oxygen atoms in total. The quantitative estimate of drug-likeness (QED) is 0.744. The second kappa shape index (κ2) is 6.93. The zero-order valence-electron chi connectivity index (χ0n) is 12.3. The highest BCUT2D eigenvalue weighted by Gasteiger charge is 2.21. The summed E-state index contributed by atoms with van der Waals surface area (Å²) in [5.41, 5.74) is 0.532. The number of urea groups is 1. The predicted octanol–water partition coefficient (Wildman–Crippen LogP) is 2.08. The van der Waals surface area contributed by atoms with E-state index < -0.39 is 18.0 Å². The van der Waals surface area contributed by atoms with E-state index in [1.165, 1.54) is 6.20 Å². The third-order valence-corrected chi connectivity index (χ3v) is 2.70. The van der Waals surface area contributed by atoms with Crippen LogP contribution in [0.5, 0.6) is 0 Å². The largest absolute Gasteiger partial charge is 0.480 e. The molecule has 0 unspecified atom stereocenters. The van der Waals surface area contributed by atoms with E-state index in [1.54, 1.807) is 10.9 Å². The lowest BCUT2D eigenvalue weighted by Gasteiger charge is -2.16. The third-order valence-electron chi connectivity index (χ3n) is 2.70. The molecule has 0 radical (unpaired) electrons. The van der Waals surface area contributed by atoms with Crippen LogP contribution in [0.1, 0.15) is 40.2 Å². The molecule has 0 saturated heterocycles. The first-order valence-corrected chi connectivity index (χ1v) is 6.64. The summed E-state index contributed by atoms with van der Waals surface area (Å²) < 4.78 is 1.71. The van der Waals surface area contributed by atoms with Crippen LogP contribution in [0.25, 0.3) is 0 Å². The summed E-state index contributed by atoms with van der Waals surface area (Å²) in [6, 6.07) is -1.24. The van der Waals surface area contributed by atoms with Gasteiger partial charge in [0.15, 0.2) is 0 Å². The Kier molecular flexibility index (Phi) is 5.54. The van der Waals surface area contributed by atoms with Gasteiger partial charge in [-0.25, -0.2) is 9.59 Å². The number of amides is 2. The maximum atomic E-state index is 11.8. The number of rotatable bonds is 6. The van der Waals surface area contributed by atoms with Crippen LogP contribution in [0.15, 0.2) is 12.4 Å². The standard InChI is InChI=1S/C13H22N4O3/c1-8(2)5-11(12(18)19)16-13(20)15-10-6-14-17(7-10)9(3)4/h6-9,11H,5H2,1-4H3,(H,18,19)(H2,15,16,20)/t11-/m0/s1. The number of hydrogen-bond donors (Lipinski definition) is 3. The first kappa shape index (κ1) is 16.0. The Balaban J connectivity index is 2.58. The number of carboxylic acids is 1. The van der Waals surface area contributed by atoms with Gasteiger partial charge in [0.05, 0.1) is 11.9 Å². The van der Waals surface area contributed by atoms with E-state index in [-0.39, 0.29) is 12.0 Å². The molecule has 1 aromatic rings. The van der Waals surface area contributed by atoms with Crippen LogP contribution >= 0.6 is 0 Å². The second-order valence-corrected chi connectivity index (χ2v) is 5.42. The first-order chi connectivity index (χ1) is 9.29. The average molecular weight is 282 g/mol. The van der Waals surface area contributed by atoms with Crippen molar-refractivity contribution in [3.63, 3.8) is 0 Å². The van der Waals surface area contributed by atoms with Crippen molar-refractivity contribution in [1.29, 1.82) is 0 Å². The Labute approximate surface area is 118 Å². The molecule has 112 valence electrons. The molecule has 0 aliphatic rings. The van der Waals surface area contributed by atoms with Crippen LogP contribution in [0.3, 0.4) is 0 Å². The fourth-order valence-corrected chi connectivity index (χ4v) is 1.70. The van der Waals surface area contributed by atoms with Crippen LogP contribution in [0, 0.1) is 5.92 Å². The lowest BCUT2D eigenvalue weighted by molar-refractivity contribution is -0.139. The monoisotopic (exact) mass is 282 g/mol. The van der Waals surface area contributed by atoms with Crippen molar-refractivity contribution in [3.05, 3.63) is 12.4 Å². The molecule has 1 rings (SSSR count). The fraction of sp³-hybridized carbons (Fsp3) is 0.615. The van der Waals surface area contributed by atoms with Gasteiger partial charge in [0, 0.05) is 12.2 Å². The number of hydrogen-bond acceptors (Lipinski definition) is 3. The van der Waals surface area contributed by atoms with Gasteiger partial charge >= 0.3 is 12.0 Å². The van der Waals surface area contributed by atoms with Crippen molar-refractivity contribution in [2.45, 2.75) is 46.2 Å². The molecule has 20 heavy (non-hydrogen) atoms. The predicted molar refractivity (Wildman–Crippen MR) is 75.6 cm³/mol. The van der Waals surface area contributed by atoms with Crippen molar-refractivity contribution in [3.8, 4) is 0 Å². The summed E-state index contributed by atoms with van der Waals surface area (Å²) in [7, 11) is 0. The van der Waals surface area contributed by atoms with Crippen LogP contribution in [0.4, 0.5) is 10.5 Å². The zero-order chi connectivity index (χ0) is 15.3. The molecule has 1 atom stereocenters. The minimum atomic E-state index is -1.04. The summed E-state index contributed by atoms with van der Waals surface area (Å²) in [4.78, 5) is 22.8. The molecule has 0 aliphatic heterocycles.